The van der Waals surface area contributed by atoms with Crippen molar-refractivity contribution in [2.75, 3.05) is 19.6 Å². The van der Waals surface area contributed by atoms with Gasteiger partial charge in [0.2, 0.25) is 0 Å². The van der Waals surface area contributed by atoms with Gasteiger partial charge in [0, 0.05) is 12.5 Å². The van der Waals surface area contributed by atoms with E-state index in [1.165, 1.54) is 17.5 Å². The van der Waals surface area contributed by atoms with E-state index in [0.29, 0.717) is 5.92 Å². The first-order chi connectivity index (χ1) is 11.8. The predicted octanol–water partition coefficient (Wildman–Crippen LogP) is 4.56. The Morgan fingerprint density at radius 3 is 2.92 bits per heavy atom. The standard InChI is InChI=1S/C21H24N2O/c1-16-9-10-20-19(14-16)22-21(24-20)18-11-13-23(15-18)12-5-8-17-6-3-2-4-7-17/h2-4,6-7,9-10,14,18H,5,8,11-13,15H2,1H3. The van der Waals surface area contributed by atoms with Gasteiger partial charge in [0.1, 0.15) is 5.52 Å². The molecule has 24 heavy (non-hydrogen) atoms. The molecule has 1 aliphatic rings. The van der Waals surface area contributed by atoms with E-state index in [4.69, 9.17) is 9.40 Å². The van der Waals surface area contributed by atoms with Crippen LogP contribution in [-0.2, 0) is 6.42 Å². The molecular formula is C21H24N2O. The molecule has 4 rings (SSSR count). The van der Waals surface area contributed by atoms with E-state index < -0.39 is 0 Å². The highest BCUT2D eigenvalue weighted by atomic mass is 16.3. The molecule has 0 saturated carbocycles. The van der Waals surface area contributed by atoms with Gasteiger partial charge in [-0.15, -0.1) is 0 Å². The first-order valence-electron chi connectivity index (χ1n) is 8.91. The molecule has 1 saturated heterocycles. The summed E-state index contributed by atoms with van der Waals surface area (Å²) in [4.78, 5) is 7.27. The van der Waals surface area contributed by atoms with E-state index in [-0.39, 0.29) is 0 Å². The predicted molar refractivity (Wildman–Crippen MR) is 97.3 cm³/mol. The number of aromatic nitrogens is 1. The van der Waals surface area contributed by atoms with Crippen molar-refractivity contribution in [3.8, 4) is 0 Å². The average molecular weight is 320 g/mol. The van der Waals surface area contributed by atoms with Gasteiger partial charge in [-0.3, -0.25) is 0 Å². The molecule has 0 radical (unpaired) electrons. The highest BCUT2D eigenvalue weighted by Crippen LogP contribution is 2.29. The number of rotatable bonds is 5. The summed E-state index contributed by atoms with van der Waals surface area (Å²) in [6, 6.07) is 17.0. The maximum atomic E-state index is 5.99. The lowest BCUT2D eigenvalue weighted by Gasteiger charge is -2.14. The Bertz CT molecular complexity index is 809. The molecule has 1 fully saturated rings. The number of likely N-dealkylation sites (tertiary alicyclic amines) is 1. The van der Waals surface area contributed by atoms with E-state index in [1.54, 1.807) is 0 Å². The highest BCUT2D eigenvalue weighted by Gasteiger charge is 2.27. The van der Waals surface area contributed by atoms with Crippen LogP contribution in [0, 0.1) is 6.92 Å². The maximum Gasteiger partial charge on any atom is 0.199 e. The largest absolute Gasteiger partial charge is 0.440 e. The number of nitrogens with zero attached hydrogens (tertiary/aromatic N) is 2. The lowest BCUT2D eigenvalue weighted by molar-refractivity contribution is 0.324. The van der Waals surface area contributed by atoms with Gasteiger partial charge in [-0.1, -0.05) is 36.4 Å². The molecule has 3 nitrogen and oxygen atoms in total. The molecule has 0 N–H and O–H groups in total. The Morgan fingerprint density at radius 1 is 1.17 bits per heavy atom. The van der Waals surface area contributed by atoms with E-state index in [1.807, 2.05) is 6.07 Å². The molecule has 0 aliphatic carbocycles. The molecular weight excluding hydrogens is 296 g/mol. The zero-order valence-corrected chi connectivity index (χ0v) is 14.2. The normalized spacial score (nSPS) is 18.5. The summed E-state index contributed by atoms with van der Waals surface area (Å²) in [5.74, 6) is 1.36. The van der Waals surface area contributed by atoms with E-state index >= 15 is 0 Å². The quantitative estimate of drug-likeness (QED) is 0.690. The molecule has 0 amide bonds. The number of oxazole rings is 1. The second-order valence-corrected chi connectivity index (χ2v) is 6.90. The van der Waals surface area contributed by atoms with E-state index in [0.717, 1.165) is 49.5 Å². The fourth-order valence-electron chi connectivity index (χ4n) is 3.62. The first-order valence-corrected chi connectivity index (χ1v) is 8.91. The van der Waals surface area contributed by atoms with Crippen molar-refractivity contribution < 1.29 is 4.42 Å². The Balaban J connectivity index is 1.33. The van der Waals surface area contributed by atoms with Gasteiger partial charge in [-0.25, -0.2) is 4.98 Å². The molecule has 3 aromatic rings. The molecule has 1 atom stereocenters. The van der Waals surface area contributed by atoms with Gasteiger partial charge < -0.3 is 9.32 Å². The van der Waals surface area contributed by atoms with Crippen molar-refractivity contribution >= 4 is 11.1 Å². The van der Waals surface area contributed by atoms with Gasteiger partial charge in [-0.05, 0) is 62.5 Å². The number of aryl methyl sites for hydroxylation is 2. The second-order valence-electron chi connectivity index (χ2n) is 6.90. The minimum Gasteiger partial charge on any atom is -0.440 e. The molecule has 0 bridgehead atoms. The second kappa shape index (κ2) is 6.78. The van der Waals surface area contributed by atoms with Crippen LogP contribution < -0.4 is 0 Å². The smallest absolute Gasteiger partial charge is 0.199 e. The third-order valence-corrected chi connectivity index (χ3v) is 4.96. The number of hydrogen-bond acceptors (Lipinski definition) is 3. The van der Waals surface area contributed by atoms with Crippen molar-refractivity contribution in [2.24, 2.45) is 0 Å². The topological polar surface area (TPSA) is 29.3 Å². The van der Waals surface area contributed by atoms with Gasteiger partial charge in [0.15, 0.2) is 11.5 Å². The highest BCUT2D eigenvalue weighted by molar-refractivity contribution is 5.73. The minimum atomic E-state index is 0.439. The summed E-state index contributed by atoms with van der Waals surface area (Å²) < 4.78 is 5.99. The van der Waals surface area contributed by atoms with Crippen LogP contribution in [0.4, 0.5) is 0 Å². The van der Waals surface area contributed by atoms with Crippen LogP contribution in [0.2, 0.25) is 0 Å². The minimum absolute atomic E-state index is 0.439. The van der Waals surface area contributed by atoms with Crippen LogP contribution in [0.1, 0.15) is 35.8 Å². The molecule has 2 aromatic carbocycles. The van der Waals surface area contributed by atoms with E-state index in [2.05, 4.69) is 54.3 Å². The monoisotopic (exact) mass is 320 g/mol. The van der Waals surface area contributed by atoms with Crippen LogP contribution in [0.3, 0.4) is 0 Å². The Hall–Kier alpha value is -2.13. The van der Waals surface area contributed by atoms with E-state index in [9.17, 15) is 0 Å². The van der Waals surface area contributed by atoms with Crippen LogP contribution in [0.25, 0.3) is 11.1 Å². The summed E-state index contributed by atoms with van der Waals surface area (Å²) in [5, 5.41) is 0. The Kier molecular flexibility index (Phi) is 4.35. The lowest BCUT2D eigenvalue weighted by atomic mass is 10.1. The number of fused-ring (bicyclic) bond motifs is 1. The van der Waals surface area contributed by atoms with Crippen molar-refractivity contribution in [1.29, 1.82) is 0 Å². The summed E-state index contributed by atoms with van der Waals surface area (Å²) in [6.45, 7) is 5.47. The van der Waals surface area contributed by atoms with Crippen LogP contribution in [0.5, 0.6) is 0 Å². The SMILES string of the molecule is Cc1ccc2oc(C3CCN(CCCc4ccccc4)C3)nc2c1. The van der Waals surface area contributed by atoms with Crippen molar-refractivity contribution in [2.45, 2.75) is 32.1 Å². The Morgan fingerprint density at radius 2 is 2.04 bits per heavy atom. The van der Waals surface area contributed by atoms with Crippen LogP contribution in [-0.4, -0.2) is 29.5 Å². The summed E-state index contributed by atoms with van der Waals surface area (Å²) >= 11 is 0. The first kappa shape index (κ1) is 15.4. The molecule has 3 heteroatoms. The molecule has 0 spiro atoms. The van der Waals surface area contributed by atoms with Gasteiger partial charge in [0.05, 0.1) is 0 Å². The lowest BCUT2D eigenvalue weighted by Crippen LogP contribution is -2.22. The van der Waals surface area contributed by atoms with Crippen molar-refractivity contribution in [3.63, 3.8) is 0 Å². The van der Waals surface area contributed by atoms with Crippen molar-refractivity contribution in [3.05, 3.63) is 65.5 Å². The molecule has 1 aromatic heterocycles. The molecule has 124 valence electrons. The van der Waals surface area contributed by atoms with Gasteiger partial charge >= 0.3 is 0 Å². The number of hydrogen-bond donors (Lipinski definition) is 0. The zero-order chi connectivity index (χ0) is 16.4. The molecule has 1 unspecified atom stereocenters. The fourth-order valence-corrected chi connectivity index (χ4v) is 3.62. The molecule has 1 aliphatic heterocycles. The summed E-state index contributed by atoms with van der Waals surface area (Å²) in [6.07, 6.45) is 3.52. The van der Waals surface area contributed by atoms with Crippen LogP contribution >= 0.6 is 0 Å². The maximum absolute atomic E-state index is 5.99. The Labute approximate surface area is 143 Å². The fraction of sp³-hybridized carbons (Fsp3) is 0.381. The van der Waals surface area contributed by atoms with Gasteiger partial charge in [0.25, 0.3) is 0 Å². The number of benzene rings is 2. The van der Waals surface area contributed by atoms with Crippen LogP contribution in [0.15, 0.2) is 52.9 Å². The van der Waals surface area contributed by atoms with Crippen molar-refractivity contribution in [1.82, 2.24) is 9.88 Å². The van der Waals surface area contributed by atoms with Gasteiger partial charge in [-0.2, -0.15) is 0 Å². The zero-order valence-electron chi connectivity index (χ0n) is 14.2. The third-order valence-electron chi connectivity index (χ3n) is 4.96. The summed E-state index contributed by atoms with van der Waals surface area (Å²) in [7, 11) is 0. The third kappa shape index (κ3) is 3.36. The molecule has 2 heterocycles. The average Bonchev–Trinajstić information content (AvgIpc) is 3.22. The summed E-state index contributed by atoms with van der Waals surface area (Å²) in [5.41, 5.74) is 4.57.